The molecule has 0 unspecified atom stereocenters. The van der Waals surface area contributed by atoms with E-state index in [0.29, 0.717) is 27.7 Å². The lowest BCUT2D eigenvalue weighted by molar-refractivity contribution is -0.384. The molecule has 0 aliphatic heterocycles. The van der Waals surface area contributed by atoms with E-state index in [0.717, 1.165) is 0 Å². The minimum Gasteiger partial charge on any atom is -0.512 e. The number of halogens is 1. The Bertz CT molecular complexity index is 1270. The fourth-order valence-corrected chi connectivity index (χ4v) is 4.03. The minimum atomic E-state index is -0.506. The largest absolute Gasteiger partial charge is 0.512 e. The highest BCUT2D eigenvalue weighted by molar-refractivity contribution is 6.30. The predicted octanol–water partition coefficient (Wildman–Crippen LogP) is 6.09. The Kier molecular flexibility index (Phi) is 6.32. The van der Waals surface area contributed by atoms with Gasteiger partial charge in [-0.2, -0.15) is 0 Å². The van der Waals surface area contributed by atoms with Crippen LogP contribution < -0.4 is 0 Å². The van der Waals surface area contributed by atoms with Crippen molar-refractivity contribution in [3.8, 4) is 16.9 Å². The number of hydrogen-bond acceptors (Lipinski definition) is 5. The zero-order valence-electron chi connectivity index (χ0n) is 18.0. The van der Waals surface area contributed by atoms with E-state index in [1.165, 1.54) is 32.9 Å². The number of nitro benzene ring substituents is 1. The van der Waals surface area contributed by atoms with Crippen molar-refractivity contribution in [2.75, 3.05) is 0 Å². The molecule has 32 heavy (non-hydrogen) atoms. The molecule has 0 saturated heterocycles. The molecule has 0 saturated carbocycles. The number of allylic oxidation sites excluding steroid dienone is 2. The maximum atomic E-state index is 12.7. The van der Waals surface area contributed by atoms with Gasteiger partial charge >= 0.3 is 0 Å². The highest BCUT2D eigenvalue weighted by atomic mass is 35.5. The molecule has 0 radical (unpaired) electrons. The van der Waals surface area contributed by atoms with Gasteiger partial charge in [-0.15, -0.1) is 0 Å². The van der Waals surface area contributed by atoms with Crippen LogP contribution in [-0.2, 0) is 4.79 Å². The standard InChI is InChI=1S/C24H21ClN2O5/c1-13-21(14(2)28)23(22(15(3)29)16(4)30)24(17-5-9-20(10-6-17)27(31)32)26(13)19-11-7-18(25)8-12-19/h5-12,29H,1-4H3. The Morgan fingerprint density at radius 3 is 1.97 bits per heavy atom. The lowest BCUT2D eigenvalue weighted by Crippen LogP contribution is -2.06. The van der Waals surface area contributed by atoms with E-state index in [1.807, 2.05) is 0 Å². The third kappa shape index (κ3) is 4.07. The lowest BCUT2D eigenvalue weighted by atomic mass is 9.92. The molecule has 7 nitrogen and oxygen atoms in total. The Labute approximate surface area is 189 Å². The average molecular weight is 453 g/mol. The number of Topliss-reactive ketones (excluding diaryl/α,β-unsaturated/α-hetero) is 2. The summed E-state index contributed by atoms with van der Waals surface area (Å²) < 4.78 is 1.79. The van der Waals surface area contributed by atoms with Crippen LogP contribution >= 0.6 is 11.6 Å². The number of non-ortho nitro benzene ring substituents is 1. The average Bonchev–Trinajstić information content (AvgIpc) is 3.00. The predicted molar refractivity (Wildman–Crippen MR) is 124 cm³/mol. The van der Waals surface area contributed by atoms with Crippen molar-refractivity contribution in [3.05, 3.63) is 86.2 Å². The summed E-state index contributed by atoms with van der Waals surface area (Å²) >= 11 is 6.05. The molecule has 0 fully saturated rings. The number of carbonyl (C=O) groups is 2. The normalized spacial score (nSPS) is 11.8. The fraction of sp³-hybridized carbons (Fsp3) is 0.167. The van der Waals surface area contributed by atoms with Gasteiger partial charge in [-0.3, -0.25) is 19.7 Å². The summed E-state index contributed by atoms with van der Waals surface area (Å²) in [6.45, 7) is 5.83. The van der Waals surface area contributed by atoms with Crippen molar-refractivity contribution >= 4 is 34.4 Å². The van der Waals surface area contributed by atoms with E-state index in [9.17, 15) is 24.8 Å². The highest BCUT2D eigenvalue weighted by Gasteiger charge is 2.30. The maximum absolute atomic E-state index is 12.7. The van der Waals surface area contributed by atoms with Crippen molar-refractivity contribution in [3.63, 3.8) is 0 Å². The molecular weight excluding hydrogens is 432 g/mol. The number of nitrogens with zero attached hydrogens (tertiary/aromatic N) is 2. The Hall–Kier alpha value is -3.71. The lowest BCUT2D eigenvalue weighted by Gasteiger charge is -2.15. The van der Waals surface area contributed by atoms with Gasteiger partial charge in [0.25, 0.3) is 5.69 Å². The summed E-state index contributed by atoms with van der Waals surface area (Å²) in [5.41, 5.74) is 2.72. The van der Waals surface area contributed by atoms with Crippen LogP contribution in [0.25, 0.3) is 22.5 Å². The SMILES string of the molecule is CC(=O)C(=C(C)O)c1c(C(C)=O)c(C)n(-c2ccc(Cl)cc2)c1-c1ccc([N+](=O)[O-])cc1. The zero-order valence-corrected chi connectivity index (χ0v) is 18.7. The van der Waals surface area contributed by atoms with Gasteiger partial charge in [-0.25, -0.2) is 0 Å². The number of hydrogen-bond donors (Lipinski definition) is 1. The van der Waals surface area contributed by atoms with Crippen LogP contribution in [0.5, 0.6) is 0 Å². The van der Waals surface area contributed by atoms with Crippen LogP contribution in [0.15, 0.2) is 54.3 Å². The first kappa shape index (κ1) is 23.0. The van der Waals surface area contributed by atoms with Crippen LogP contribution in [0.2, 0.25) is 5.02 Å². The molecule has 1 N–H and O–H groups in total. The molecule has 0 bridgehead atoms. The zero-order chi connectivity index (χ0) is 23.7. The molecule has 0 atom stereocenters. The molecule has 0 spiro atoms. The Morgan fingerprint density at radius 1 is 0.969 bits per heavy atom. The quantitative estimate of drug-likeness (QED) is 0.160. The molecular formula is C24H21ClN2O5. The third-order valence-corrected chi connectivity index (χ3v) is 5.41. The van der Waals surface area contributed by atoms with Gasteiger partial charge in [-0.1, -0.05) is 11.6 Å². The number of aromatic nitrogens is 1. The molecule has 0 aliphatic carbocycles. The third-order valence-electron chi connectivity index (χ3n) is 5.16. The van der Waals surface area contributed by atoms with E-state index >= 15 is 0 Å². The van der Waals surface area contributed by atoms with Gasteiger partial charge in [0, 0.05) is 39.7 Å². The van der Waals surface area contributed by atoms with E-state index in [4.69, 9.17) is 11.6 Å². The van der Waals surface area contributed by atoms with Gasteiger partial charge in [0.05, 0.1) is 16.2 Å². The van der Waals surface area contributed by atoms with E-state index < -0.39 is 10.7 Å². The molecule has 3 rings (SSSR count). The summed E-state index contributed by atoms with van der Waals surface area (Å²) in [6.07, 6.45) is 0. The fourth-order valence-electron chi connectivity index (χ4n) is 3.90. The van der Waals surface area contributed by atoms with Crippen LogP contribution in [0.3, 0.4) is 0 Å². The number of aliphatic hydroxyl groups is 1. The van der Waals surface area contributed by atoms with Crippen molar-refractivity contribution in [2.24, 2.45) is 0 Å². The molecule has 8 heteroatoms. The second-order valence-corrected chi connectivity index (χ2v) is 7.81. The van der Waals surface area contributed by atoms with Gasteiger partial charge in [0.15, 0.2) is 11.6 Å². The Morgan fingerprint density at radius 2 is 1.53 bits per heavy atom. The number of aliphatic hydroxyl groups excluding tert-OH is 1. The summed E-state index contributed by atoms with van der Waals surface area (Å²) in [5.74, 6) is -0.922. The number of rotatable bonds is 6. The van der Waals surface area contributed by atoms with Gasteiger partial charge in [-0.05, 0) is 69.7 Å². The first-order valence-electron chi connectivity index (χ1n) is 9.72. The molecule has 0 amide bonds. The second-order valence-electron chi connectivity index (χ2n) is 7.37. The van der Waals surface area contributed by atoms with E-state index in [-0.39, 0.29) is 33.9 Å². The smallest absolute Gasteiger partial charge is 0.269 e. The first-order valence-corrected chi connectivity index (χ1v) is 10.1. The van der Waals surface area contributed by atoms with Crippen molar-refractivity contribution in [1.29, 1.82) is 0 Å². The summed E-state index contributed by atoms with van der Waals surface area (Å²) in [4.78, 5) is 35.9. The van der Waals surface area contributed by atoms with Gasteiger partial charge in [0.1, 0.15) is 5.76 Å². The van der Waals surface area contributed by atoms with Crippen molar-refractivity contribution in [1.82, 2.24) is 4.57 Å². The highest BCUT2D eigenvalue weighted by Crippen LogP contribution is 2.40. The van der Waals surface area contributed by atoms with Crippen LogP contribution in [0, 0.1) is 17.0 Å². The molecule has 3 aromatic rings. The summed E-state index contributed by atoms with van der Waals surface area (Å²) in [6, 6.07) is 12.7. The maximum Gasteiger partial charge on any atom is 0.269 e. The van der Waals surface area contributed by atoms with Gasteiger partial charge in [0.2, 0.25) is 0 Å². The molecule has 0 aliphatic rings. The first-order chi connectivity index (χ1) is 15.0. The second kappa shape index (κ2) is 8.80. The van der Waals surface area contributed by atoms with Crippen LogP contribution in [0.1, 0.15) is 42.4 Å². The molecule has 1 aromatic heterocycles. The molecule has 2 aromatic carbocycles. The van der Waals surface area contributed by atoms with E-state index in [2.05, 4.69) is 0 Å². The van der Waals surface area contributed by atoms with Crippen molar-refractivity contribution < 1.29 is 19.6 Å². The number of benzene rings is 2. The van der Waals surface area contributed by atoms with Crippen LogP contribution in [0.4, 0.5) is 5.69 Å². The van der Waals surface area contributed by atoms with Crippen molar-refractivity contribution in [2.45, 2.75) is 27.7 Å². The molecule has 164 valence electrons. The van der Waals surface area contributed by atoms with Crippen LogP contribution in [-0.4, -0.2) is 26.2 Å². The topological polar surface area (TPSA) is 102 Å². The summed E-state index contributed by atoms with van der Waals surface area (Å²) in [7, 11) is 0. The minimum absolute atomic E-state index is 0.0133. The number of ketones is 2. The molecule has 1 heterocycles. The summed E-state index contributed by atoms with van der Waals surface area (Å²) in [5, 5.41) is 22.0. The Balaban J connectivity index is 2.52. The number of carbonyl (C=O) groups excluding carboxylic acids is 2. The van der Waals surface area contributed by atoms with E-state index in [1.54, 1.807) is 47.9 Å². The van der Waals surface area contributed by atoms with Gasteiger partial charge < -0.3 is 9.67 Å². The number of nitro groups is 1. The monoisotopic (exact) mass is 452 g/mol.